The third kappa shape index (κ3) is 3.14. The van der Waals surface area contributed by atoms with Gasteiger partial charge in [-0.05, 0) is 18.2 Å². The predicted molar refractivity (Wildman–Crippen MR) is 71.5 cm³/mol. The predicted octanol–water partition coefficient (Wildman–Crippen LogP) is -0.0799. The number of nitrogens with zero attached hydrogens (tertiary/aromatic N) is 1. The number of carbonyl (C=O) groups excluding carboxylic acids is 1. The number of amides is 1. The molecule has 1 aliphatic heterocycles. The molecule has 1 heterocycles. The van der Waals surface area contributed by atoms with Crippen molar-refractivity contribution in [1.82, 2.24) is 0 Å². The van der Waals surface area contributed by atoms with Gasteiger partial charge in [-0.25, -0.2) is 0 Å². The van der Waals surface area contributed by atoms with E-state index in [1.54, 1.807) is 0 Å². The van der Waals surface area contributed by atoms with Gasteiger partial charge in [-0.15, -0.1) is 3.89 Å². The molecule has 1 aromatic rings. The molecule has 0 spiro atoms. The molecule has 2 rings (SSSR count). The van der Waals surface area contributed by atoms with Crippen molar-refractivity contribution in [3.63, 3.8) is 0 Å². The molecule has 1 unspecified atom stereocenters. The largest absolute Gasteiger partial charge is 0.398 e. The smallest absolute Gasteiger partial charge is 0.307 e. The fraction of sp³-hybridized carbons (Fsp3) is 0.300. The van der Waals surface area contributed by atoms with Crippen molar-refractivity contribution in [2.24, 2.45) is 0 Å². The fourth-order valence-corrected chi connectivity index (χ4v) is 3.32. The second-order valence-corrected chi connectivity index (χ2v) is 7.51. The van der Waals surface area contributed by atoms with E-state index >= 15 is 0 Å². The lowest BCUT2D eigenvalue weighted by atomic mass is 10.2. The monoisotopic (exact) mass is 338 g/mol. The fourth-order valence-electron chi connectivity index (χ4n) is 2.05. The molecule has 1 atom stereocenters. The SMILES string of the molecule is Nc1cc(N2CC(S(=O)(=O)F)CC2=O)ccc1S(=O)(=O)O. The van der Waals surface area contributed by atoms with Gasteiger partial charge in [-0.2, -0.15) is 16.8 Å². The number of halogens is 1. The summed E-state index contributed by atoms with van der Waals surface area (Å²) < 4.78 is 65.5. The maximum Gasteiger partial charge on any atom is 0.307 e. The Kier molecular flexibility index (Phi) is 3.68. The highest BCUT2D eigenvalue weighted by Gasteiger charge is 2.39. The van der Waals surface area contributed by atoms with E-state index in [2.05, 4.69) is 0 Å². The van der Waals surface area contributed by atoms with Gasteiger partial charge in [0.25, 0.3) is 10.1 Å². The Bertz CT molecular complexity index is 805. The second kappa shape index (κ2) is 4.93. The molecule has 0 bridgehead atoms. The van der Waals surface area contributed by atoms with Crippen molar-refractivity contribution in [3.05, 3.63) is 18.2 Å². The molecule has 1 amide bonds. The summed E-state index contributed by atoms with van der Waals surface area (Å²) in [5, 5.41) is -1.47. The van der Waals surface area contributed by atoms with Crippen molar-refractivity contribution < 1.29 is 30.1 Å². The van der Waals surface area contributed by atoms with Crippen LogP contribution < -0.4 is 10.6 Å². The number of carbonyl (C=O) groups is 1. The lowest BCUT2D eigenvalue weighted by Crippen LogP contribution is -2.27. The summed E-state index contributed by atoms with van der Waals surface area (Å²) in [6.45, 7) is -0.387. The minimum atomic E-state index is -4.85. The number of nitrogen functional groups attached to an aromatic ring is 1. The lowest BCUT2D eigenvalue weighted by molar-refractivity contribution is -0.117. The van der Waals surface area contributed by atoms with Gasteiger partial charge in [-0.3, -0.25) is 9.35 Å². The first-order valence-electron chi connectivity index (χ1n) is 5.61. The molecule has 1 aromatic carbocycles. The highest BCUT2D eigenvalue weighted by atomic mass is 32.3. The van der Waals surface area contributed by atoms with Crippen LogP contribution in [0.2, 0.25) is 0 Å². The van der Waals surface area contributed by atoms with Crippen LogP contribution in [0.15, 0.2) is 23.1 Å². The molecule has 1 aliphatic rings. The van der Waals surface area contributed by atoms with E-state index in [4.69, 9.17) is 10.3 Å². The molecule has 11 heteroatoms. The molecule has 8 nitrogen and oxygen atoms in total. The summed E-state index contributed by atoms with van der Waals surface area (Å²) in [6, 6.07) is 3.24. The zero-order valence-electron chi connectivity index (χ0n) is 10.4. The zero-order valence-corrected chi connectivity index (χ0v) is 12.1. The van der Waals surface area contributed by atoms with Crippen LogP contribution >= 0.6 is 0 Å². The van der Waals surface area contributed by atoms with E-state index in [1.165, 1.54) is 6.07 Å². The van der Waals surface area contributed by atoms with Gasteiger partial charge in [0.05, 0.1) is 5.69 Å². The Labute approximate surface area is 120 Å². The molecular formula is C10H11FN2O6S2. The topological polar surface area (TPSA) is 135 Å². The van der Waals surface area contributed by atoms with Gasteiger partial charge in [-0.1, -0.05) is 0 Å². The Balaban J connectivity index is 2.36. The number of rotatable bonds is 3. The standard InChI is InChI=1S/C10H11FN2O6S2/c11-20(15,16)7-4-10(14)13(5-7)6-1-2-9(8(12)3-6)21(17,18)19/h1-3,7H,4-5,12H2,(H,17,18,19). The molecule has 1 saturated heterocycles. The molecule has 0 aromatic heterocycles. The van der Waals surface area contributed by atoms with Gasteiger partial charge < -0.3 is 10.6 Å². The lowest BCUT2D eigenvalue weighted by Gasteiger charge is -2.17. The summed E-state index contributed by atoms with van der Waals surface area (Å²) in [5.41, 5.74) is 5.28. The number of hydrogen-bond acceptors (Lipinski definition) is 6. The number of hydrogen-bond donors (Lipinski definition) is 2. The van der Waals surface area contributed by atoms with Crippen molar-refractivity contribution in [2.45, 2.75) is 16.6 Å². The minimum absolute atomic E-state index is 0.121. The second-order valence-electron chi connectivity index (χ2n) is 4.50. The maximum atomic E-state index is 12.9. The van der Waals surface area contributed by atoms with Crippen molar-refractivity contribution in [3.8, 4) is 0 Å². The first-order chi connectivity index (χ1) is 9.50. The Hall–Kier alpha value is -1.72. The highest BCUT2D eigenvalue weighted by molar-refractivity contribution is 7.87. The van der Waals surface area contributed by atoms with Crippen molar-refractivity contribution in [1.29, 1.82) is 0 Å². The highest BCUT2D eigenvalue weighted by Crippen LogP contribution is 2.29. The summed E-state index contributed by atoms with van der Waals surface area (Å²) in [7, 11) is -9.35. The summed E-state index contributed by atoms with van der Waals surface area (Å²) in [4.78, 5) is 12.2. The Morgan fingerprint density at radius 3 is 2.33 bits per heavy atom. The molecule has 116 valence electrons. The number of nitrogens with two attached hydrogens (primary N) is 1. The van der Waals surface area contributed by atoms with Crippen molar-refractivity contribution in [2.75, 3.05) is 17.2 Å². The molecule has 0 saturated carbocycles. The average molecular weight is 338 g/mol. The average Bonchev–Trinajstić information content (AvgIpc) is 2.69. The summed E-state index contributed by atoms with van der Waals surface area (Å²) in [5.74, 6) is -0.625. The van der Waals surface area contributed by atoms with Crippen LogP contribution in [-0.4, -0.2) is 39.1 Å². The molecule has 1 fully saturated rings. The van der Waals surface area contributed by atoms with Gasteiger partial charge in [0.1, 0.15) is 10.1 Å². The molecular weight excluding hydrogens is 327 g/mol. The van der Waals surface area contributed by atoms with Crippen LogP contribution in [0.4, 0.5) is 15.3 Å². The molecule has 21 heavy (non-hydrogen) atoms. The van der Waals surface area contributed by atoms with Crippen molar-refractivity contribution >= 4 is 37.6 Å². The van der Waals surface area contributed by atoms with Crippen LogP contribution in [0.1, 0.15) is 6.42 Å². The number of anilines is 2. The number of benzene rings is 1. The first kappa shape index (κ1) is 15.7. The van der Waals surface area contributed by atoms with E-state index in [0.29, 0.717) is 0 Å². The third-order valence-electron chi connectivity index (χ3n) is 3.07. The van der Waals surface area contributed by atoms with E-state index < -0.39 is 42.8 Å². The molecule has 3 N–H and O–H groups in total. The van der Waals surface area contributed by atoms with Crippen LogP contribution in [0.3, 0.4) is 0 Å². The third-order valence-corrected chi connectivity index (χ3v) is 5.11. The van der Waals surface area contributed by atoms with Gasteiger partial charge >= 0.3 is 10.2 Å². The van der Waals surface area contributed by atoms with E-state index in [1.807, 2.05) is 0 Å². The van der Waals surface area contributed by atoms with E-state index in [9.17, 15) is 25.5 Å². The van der Waals surface area contributed by atoms with Crippen LogP contribution in [0, 0.1) is 0 Å². The Morgan fingerprint density at radius 2 is 1.90 bits per heavy atom. The summed E-state index contributed by atoms with van der Waals surface area (Å²) >= 11 is 0. The van der Waals surface area contributed by atoms with Gasteiger partial charge in [0.2, 0.25) is 5.91 Å². The Morgan fingerprint density at radius 1 is 1.29 bits per heavy atom. The normalized spacial score (nSPS) is 20.0. The minimum Gasteiger partial charge on any atom is -0.398 e. The zero-order chi connectivity index (χ0) is 16.0. The van der Waals surface area contributed by atoms with Crippen LogP contribution in [0.25, 0.3) is 0 Å². The van der Waals surface area contributed by atoms with E-state index in [-0.39, 0.29) is 17.9 Å². The first-order valence-corrected chi connectivity index (χ1v) is 8.49. The molecule has 0 radical (unpaired) electrons. The van der Waals surface area contributed by atoms with Gasteiger partial charge in [0, 0.05) is 18.7 Å². The van der Waals surface area contributed by atoms with Crippen LogP contribution in [0.5, 0.6) is 0 Å². The summed E-state index contributed by atoms with van der Waals surface area (Å²) in [6.07, 6.45) is -0.501. The van der Waals surface area contributed by atoms with Gasteiger partial charge in [0.15, 0.2) is 0 Å². The molecule has 0 aliphatic carbocycles. The maximum absolute atomic E-state index is 12.9. The van der Waals surface area contributed by atoms with E-state index in [0.717, 1.165) is 17.0 Å². The quantitative estimate of drug-likeness (QED) is 0.447. The van der Waals surface area contributed by atoms with Crippen LogP contribution in [-0.2, 0) is 25.1 Å².